The van der Waals surface area contributed by atoms with Gasteiger partial charge in [0, 0.05) is 50.0 Å². The molecule has 3 aromatic rings. The molecule has 4 bridgehead atoms. The Bertz CT molecular complexity index is 935. The van der Waals surface area contributed by atoms with Crippen molar-refractivity contribution in [1.29, 1.82) is 0 Å². The molecule has 7 heteroatoms. The fourth-order valence-electron chi connectivity index (χ4n) is 3.21. The third kappa shape index (κ3) is 3.20. The Morgan fingerprint density at radius 2 is 2.04 bits per heavy atom. The zero-order chi connectivity index (χ0) is 17.9. The number of hydrogen-bond donors (Lipinski definition) is 2. The first-order chi connectivity index (χ1) is 12.7. The molecule has 1 amide bonds. The van der Waals surface area contributed by atoms with Gasteiger partial charge in [-0.25, -0.2) is 9.50 Å². The van der Waals surface area contributed by atoms with Gasteiger partial charge in [0.05, 0.1) is 6.20 Å². The first kappa shape index (κ1) is 16.4. The van der Waals surface area contributed by atoms with E-state index in [4.69, 9.17) is 4.98 Å². The lowest BCUT2D eigenvalue weighted by Gasteiger charge is -2.23. The molecule has 0 fully saturated rings. The molecule has 0 aliphatic carbocycles. The van der Waals surface area contributed by atoms with Crippen molar-refractivity contribution >= 4 is 23.1 Å². The Hall–Kier alpha value is -3.09. The van der Waals surface area contributed by atoms with Crippen LogP contribution in [0.15, 0.2) is 42.7 Å². The van der Waals surface area contributed by atoms with Gasteiger partial charge in [-0.1, -0.05) is 19.1 Å². The normalized spacial score (nSPS) is 14.6. The highest BCUT2D eigenvalue weighted by Crippen LogP contribution is 2.26. The van der Waals surface area contributed by atoms with E-state index >= 15 is 0 Å². The van der Waals surface area contributed by atoms with Crippen LogP contribution in [0, 0.1) is 0 Å². The molecule has 0 unspecified atom stereocenters. The highest BCUT2D eigenvalue weighted by Gasteiger charge is 2.13. The summed E-state index contributed by atoms with van der Waals surface area (Å²) in [6.45, 7) is 4.58. The number of fused-ring (bicyclic) bond motifs is 4. The van der Waals surface area contributed by atoms with Gasteiger partial charge in [0.25, 0.3) is 0 Å². The number of amides is 1. The second kappa shape index (κ2) is 7.03. The van der Waals surface area contributed by atoms with Crippen molar-refractivity contribution in [3.63, 3.8) is 0 Å². The number of hydrogen-bond acceptors (Lipinski definition) is 5. The Morgan fingerprint density at radius 1 is 1.19 bits per heavy atom. The van der Waals surface area contributed by atoms with Gasteiger partial charge in [-0.3, -0.25) is 4.79 Å². The van der Waals surface area contributed by atoms with Crippen LogP contribution < -0.4 is 10.6 Å². The predicted octanol–water partition coefficient (Wildman–Crippen LogP) is 2.47. The highest BCUT2D eigenvalue weighted by atomic mass is 16.2. The van der Waals surface area contributed by atoms with Gasteiger partial charge >= 0.3 is 0 Å². The first-order valence-electron chi connectivity index (χ1n) is 8.95. The molecule has 1 aliphatic rings. The van der Waals surface area contributed by atoms with Gasteiger partial charge in [-0.15, -0.1) is 0 Å². The molecule has 0 radical (unpaired) electrons. The largest absolute Gasteiger partial charge is 0.383 e. The number of rotatable bonds is 1. The van der Waals surface area contributed by atoms with Crippen molar-refractivity contribution < 1.29 is 4.79 Å². The van der Waals surface area contributed by atoms with Crippen molar-refractivity contribution in [3.8, 4) is 11.1 Å². The van der Waals surface area contributed by atoms with Crippen LogP contribution in [-0.4, -0.2) is 51.6 Å². The summed E-state index contributed by atoms with van der Waals surface area (Å²) in [5, 5.41) is 11.1. The third-order valence-corrected chi connectivity index (χ3v) is 4.60. The number of benzene rings is 1. The minimum atomic E-state index is 0.163. The first-order valence-corrected chi connectivity index (χ1v) is 8.95. The minimum absolute atomic E-state index is 0.163. The number of anilines is 2. The van der Waals surface area contributed by atoms with Crippen LogP contribution in [0.4, 0.5) is 11.5 Å². The molecule has 2 N–H and O–H groups in total. The van der Waals surface area contributed by atoms with Gasteiger partial charge in [-0.05, 0) is 23.8 Å². The molecule has 0 saturated carbocycles. The van der Waals surface area contributed by atoms with Gasteiger partial charge in [0.2, 0.25) is 5.91 Å². The second-order valence-electron chi connectivity index (χ2n) is 6.31. The summed E-state index contributed by atoms with van der Waals surface area (Å²) in [5.41, 5.74) is 3.90. The van der Waals surface area contributed by atoms with Crippen molar-refractivity contribution in [1.82, 2.24) is 19.5 Å². The van der Waals surface area contributed by atoms with Crippen LogP contribution in [0.2, 0.25) is 0 Å². The van der Waals surface area contributed by atoms with E-state index < -0.39 is 0 Å². The fourth-order valence-corrected chi connectivity index (χ4v) is 3.21. The highest BCUT2D eigenvalue weighted by molar-refractivity contribution is 5.79. The van der Waals surface area contributed by atoms with Crippen LogP contribution in [0.1, 0.15) is 13.3 Å². The quantitative estimate of drug-likeness (QED) is 0.705. The molecular formula is C19H22N6O. The van der Waals surface area contributed by atoms with Crippen LogP contribution in [-0.2, 0) is 4.79 Å². The zero-order valence-corrected chi connectivity index (χ0v) is 14.8. The average Bonchev–Trinajstić information content (AvgIpc) is 3.09. The van der Waals surface area contributed by atoms with Crippen LogP contribution in [0.3, 0.4) is 0 Å². The van der Waals surface area contributed by atoms with E-state index in [1.807, 2.05) is 42.4 Å². The Kier molecular flexibility index (Phi) is 4.43. The monoisotopic (exact) mass is 350 g/mol. The molecule has 134 valence electrons. The summed E-state index contributed by atoms with van der Waals surface area (Å²) in [4.78, 5) is 18.8. The van der Waals surface area contributed by atoms with E-state index in [2.05, 4.69) is 27.9 Å². The van der Waals surface area contributed by atoms with E-state index in [1.165, 1.54) is 0 Å². The molecule has 0 atom stereocenters. The molecule has 4 rings (SSSR count). The van der Waals surface area contributed by atoms with E-state index in [9.17, 15) is 4.79 Å². The van der Waals surface area contributed by atoms with Crippen molar-refractivity contribution in [2.24, 2.45) is 0 Å². The molecular weight excluding hydrogens is 328 g/mol. The summed E-state index contributed by atoms with van der Waals surface area (Å²) >= 11 is 0. The van der Waals surface area contributed by atoms with Gasteiger partial charge in [0.1, 0.15) is 5.82 Å². The number of aromatic nitrogens is 3. The topological polar surface area (TPSA) is 74.6 Å². The third-order valence-electron chi connectivity index (χ3n) is 4.60. The van der Waals surface area contributed by atoms with E-state index in [0.717, 1.165) is 28.3 Å². The molecule has 1 aromatic carbocycles. The molecule has 2 aromatic heterocycles. The maximum atomic E-state index is 12.2. The molecule has 0 saturated heterocycles. The SMILES string of the molecule is CCC(=O)N1CCNc2cccc(c2)-c2cnn3ccc(nc23)NCC1. The molecule has 26 heavy (non-hydrogen) atoms. The van der Waals surface area contributed by atoms with Gasteiger partial charge in [0.15, 0.2) is 5.65 Å². The van der Waals surface area contributed by atoms with E-state index in [-0.39, 0.29) is 5.91 Å². The van der Waals surface area contributed by atoms with Crippen molar-refractivity contribution in [3.05, 3.63) is 42.7 Å². The number of carbonyl (C=O) groups excluding carboxylic acids is 1. The lowest BCUT2D eigenvalue weighted by Crippen LogP contribution is -2.38. The van der Waals surface area contributed by atoms with E-state index in [0.29, 0.717) is 32.6 Å². The maximum absolute atomic E-state index is 12.2. The number of nitrogens with one attached hydrogen (secondary N) is 2. The molecule has 7 nitrogen and oxygen atoms in total. The summed E-state index contributed by atoms with van der Waals surface area (Å²) < 4.78 is 1.78. The minimum Gasteiger partial charge on any atom is -0.383 e. The number of carbonyl (C=O) groups is 1. The summed E-state index contributed by atoms with van der Waals surface area (Å²) in [7, 11) is 0. The van der Waals surface area contributed by atoms with Crippen molar-refractivity contribution in [2.75, 3.05) is 36.8 Å². The molecule has 1 aliphatic heterocycles. The predicted molar refractivity (Wildman–Crippen MR) is 102 cm³/mol. The smallest absolute Gasteiger partial charge is 0.222 e. The van der Waals surface area contributed by atoms with Crippen molar-refractivity contribution in [2.45, 2.75) is 13.3 Å². The Labute approximate surface area is 152 Å². The zero-order valence-electron chi connectivity index (χ0n) is 14.8. The van der Waals surface area contributed by atoms with E-state index in [1.54, 1.807) is 4.52 Å². The summed E-state index contributed by atoms with van der Waals surface area (Å²) in [6, 6.07) is 10.1. The Balaban J connectivity index is 1.73. The lowest BCUT2D eigenvalue weighted by molar-refractivity contribution is -0.130. The standard InChI is InChI=1S/C19H22N6O/c1-2-18(26)24-10-7-20-15-5-3-4-14(12-15)16-13-22-25-9-6-17(21-8-11-24)23-19(16)25/h3-6,9,12-13,20H,2,7-8,10-11H2,1H3,(H,21,23). The maximum Gasteiger partial charge on any atom is 0.222 e. The average molecular weight is 350 g/mol. The van der Waals surface area contributed by atoms with Crippen LogP contribution >= 0.6 is 0 Å². The summed E-state index contributed by atoms with van der Waals surface area (Å²) in [5.74, 6) is 0.949. The van der Waals surface area contributed by atoms with Gasteiger partial charge < -0.3 is 15.5 Å². The molecule has 0 spiro atoms. The van der Waals surface area contributed by atoms with Gasteiger partial charge in [-0.2, -0.15) is 5.10 Å². The summed E-state index contributed by atoms with van der Waals surface area (Å²) in [6.07, 6.45) is 4.26. The second-order valence-corrected chi connectivity index (χ2v) is 6.31. The lowest BCUT2D eigenvalue weighted by atomic mass is 10.1. The number of nitrogens with zero attached hydrogens (tertiary/aromatic N) is 4. The van der Waals surface area contributed by atoms with Crippen LogP contribution in [0.25, 0.3) is 16.8 Å². The molecule has 3 heterocycles. The fraction of sp³-hybridized carbons (Fsp3) is 0.316. The van der Waals surface area contributed by atoms with Crippen LogP contribution in [0.5, 0.6) is 0 Å². The Morgan fingerprint density at radius 3 is 2.88 bits per heavy atom.